The van der Waals surface area contributed by atoms with Gasteiger partial charge in [-0.2, -0.15) is 0 Å². The predicted octanol–water partition coefficient (Wildman–Crippen LogP) is 4.29. The Morgan fingerprint density at radius 2 is 1.84 bits per heavy atom. The van der Waals surface area contributed by atoms with E-state index in [1.807, 2.05) is 32.0 Å². The van der Waals surface area contributed by atoms with Crippen LogP contribution in [-0.2, 0) is 20.9 Å². The summed E-state index contributed by atoms with van der Waals surface area (Å²) in [6.45, 7) is 4.06. The van der Waals surface area contributed by atoms with Crippen molar-refractivity contribution in [3.05, 3.63) is 41.5 Å². The second-order valence-electron chi connectivity index (χ2n) is 7.85. The minimum atomic E-state index is -1.03. The van der Waals surface area contributed by atoms with Crippen LogP contribution in [0.15, 0.2) is 30.3 Å². The lowest BCUT2D eigenvalue weighted by Crippen LogP contribution is -2.34. The molecular formula is C24H26O7. The third-order valence-electron chi connectivity index (χ3n) is 5.75. The van der Waals surface area contributed by atoms with Gasteiger partial charge in [0.05, 0.1) is 25.9 Å². The van der Waals surface area contributed by atoms with E-state index in [0.29, 0.717) is 35.7 Å². The van der Waals surface area contributed by atoms with Crippen LogP contribution in [0, 0.1) is 0 Å². The van der Waals surface area contributed by atoms with Gasteiger partial charge in [-0.15, -0.1) is 0 Å². The highest BCUT2D eigenvalue weighted by Gasteiger charge is 2.55. The summed E-state index contributed by atoms with van der Waals surface area (Å²) in [5.74, 6) is 0.605. The van der Waals surface area contributed by atoms with Crippen LogP contribution in [0.5, 0.6) is 17.2 Å². The molecule has 0 radical (unpaired) electrons. The third-order valence-corrected chi connectivity index (χ3v) is 5.75. The topological polar surface area (TPSA) is 80.3 Å². The van der Waals surface area contributed by atoms with Crippen LogP contribution in [-0.4, -0.2) is 37.9 Å². The van der Waals surface area contributed by atoms with E-state index in [2.05, 4.69) is 0 Å². The van der Waals surface area contributed by atoms with Crippen LogP contribution in [0.25, 0.3) is 11.1 Å². The van der Waals surface area contributed by atoms with E-state index >= 15 is 0 Å². The Morgan fingerprint density at radius 1 is 1.10 bits per heavy atom. The maximum atomic E-state index is 12.8. The summed E-state index contributed by atoms with van der Waals surface area (Å²) in [6.07, 6.45) is 1.67. The molecule has 4 rings (SSSR count). The first-order valence-corrected chi connectivity index (χ1v) is 10.4. The molecule has 7 nitrogen and oxygen atoms in total. The molecule has 1 unspecified atom stereocenters. The van der Waals surface area contributed by atoms with Crippen molar-refractivity contribution in [2.24, 2.45) is 0 Å². The fourth-order valence-corrected chi connectivity index (χ4v) is 3.56. The molecule has 164 valence electrons. The standard InChI is InChI=1S/C24H26O7/c1-5-14(2)30-23(26)24(10-11-24)31-20-17(8-9-19(27-3)21(20)28-4)15-6-7-18-16(12-15)13-29-22(18)25/h6-9,12,14H,5,10-11,13H2,1-4H3. The van der Waals surface area contributed by atoms with Crippen molar-refractivity contribution in [1.29, 1.82) is 0 Å². The van der Waals surface area contributed by atoms with Crippen LogP contribution in [0.3, 0.4) is 0 Å². The van der Waals surface area contributed by atoms with Gasteiger partial charge in [-0.1, -0.05) is 13.0 Å². The molecule has 2 aromatic rings. The molecule has 1 fully saturated rings. The Kier molecular flexibility index (Phi) is 5.52. The molecule has 0 saturated heterocycles. The zero-order valence-electron chi connectivity index (χ0n) is 18.2. The summed E-state index contributed by atoms with van der Waals surface area (Å²) < 4.78 is 28.1. The second-order valence-corrected chi connectivity index (χ2v) is 7.85. The molecule has 1 saturated carbocycles. The molecule has 0 amide bonds. The van der Waals surface area contributed by atoms with E-state index in [9.17, 15) is 9.59 Å². The van der Waals surface area contributed by atoms with E-state index in [4.69, 9.17) is 23.7 Å². The summed E-state index contributed by atoms with van der Waals surface area (Å²) in [7, 11) is 3.07. The molecule has 1 atom stereocenters. The Morgan fingerprint density at radius 3 is 2.48 bits per heavy atom. The number of esters is 2. The van der Waals surface area contributed by atoms with Gasteiger partial charge in [0.25, 0.3) is 0 Å². The molecule has 31 heavy (non-hydrogen) atoms. The van der Waals surface area contributed by atoms with Crippen molar-refractivity contribution in [2.45, 2.75) is 51.4 Å². The summed E-state index contributed by atoms with van der Waals surface area (Å²) in [6, 6.07) is 9.10. The Labute approximate surface area is 181 Å². The smallest absolute Gasteiger partial charge is 0.350 e. The molecule has 7 heteroatoms. The van der Waals surface area contributed by atoms with Crippen molar-refractivity contribution in [2.75, 3.05) is 14.2 Å². The molecule has 1 aliphatic heterocycles. The van der Waals surface area contributed by atoms with Gasteiger partial charge < -0.3 is 23.7 Å². The number of cyclic esters (lactones) is 1. The highest BCUT2D eigenvalue weighted by Crippen LogP contribution is 2.51. The fraction of sp³-hybridized carbons (Fsp3) is 0.417. The van der Waals surface area contributed by atoms with Crippen molar-refractivity contribution < 1.29 is 33.3 Å². The Bertz CT molecular complexity index is 1020. The summed E-state index contributed by atoms with van der Waals surface area (Å²) in [5.41, 5.74) is 1.87. The van der Waals surface area contributed by atoms with Crippen molar-refractivity contribution in [1.82, 2.24) is 0 Å². The van der Waals surface area contributed by atoms with Crippen LogP contribution < -0.4 is 14.2 Å². The molecule has 1 heterocycles. The van der Waals surface area contributed by atoms with Gasteiger partial charge in [-0.3, -0.25) is 0 Å². The van der Waals surface area contributed by atoms with Crippen LogP contribution in [0.2, 0.25) is 0 Å². The highest BCUT2D eigenvalue weighted by atomic mass is 16.6. The Hall–Kier alpha value is -3.22. The lowest BCUT2D eigenvalue weighted by atomic mass is 9.99. The van der Waals surface area contributed by atoms with Gasteiger partial charge in [0, 0.05) is 24.0 Å². The van der Waals surface area contributed by atoms with Crippen molar-refractivity contribution in [3.63, 3.8) is 0 Å². The molecule has 0 spiro atoms. The number of carbonyl (C=O) groups excluding carboxylic acids is 2. The minimum Gasteiger partial charge on any atom is -0.493 e. The highest BCUT2D eigenvalue weighted by molar-refractivity contribution is 5.94. The summed E-state index contributed by atoms with van der Waals surface area (Å²) in [5, 5.41) is 0. The van der Waals surface area contributed by atoms with Gasteiger partial charge >= 0.3 is 11.9 Å². The van der Waals surface area contributed by atoms with Crippen molar-refractivity contribution in [3.8, 4) is 28.4 Å². The average Bonchev–Trinajstić information content (AvgIpc) is 3.48. The van der Waals surface area contributed by atoms with Gasteiger partial charge in [0.2, 0.25) is 11.4 Å². The zero-order valence-corrected chi connectivity index (χ0v) is 18.2. The quantitative estimate of drug-likeness (QED) is 0.583. The Balaban J connectivity index is 1.76. The van der Waals surface area contributed by atoms with Crippen molar-refractivity contribution >= 4 is 11.9 Å². The van der Waals surface area contributed by atoms with Gasteiger partial charge in [-0.05, 0) is 43.2 Å². The molecular weight excluding hydrogens is 400 g/mol. The lowest BCUT2D eigenvalue weighted by molar-refractivity contribution is -0.159. The minimum absolute atomic E-state index is 0.186. The number of hydrogen-bond acceptors (Lipinski definition) is 7. The average molecular weight is 426 g/mol. The molecule has 2 aromatic carbocycles. The first-order valence-electron chi connectivity index (χ1n) is 10.4. The molecule has 0 aromatic heterocycles. The van der Waals surface area contributed by atoms with E-state index in [-0.39, 0.29) is 24.6 Å². The second kappa shape index (κ2) is 8.13. The normalized spacial score (nSPS) is 16.7. The zero-order chi connectivity index (χ0) is 22.2. The van der Waals surface area contributed by atoms with E-state index in [1.165, 1.54) is 7.11 Å². The number of hydrogen-bond donors (Lipinski definition) is 0. The number of methoxy groups -OCH3 is 2. The molecule has 0 bridgehead atoms. The number of fused-ring (bicyclic) bond motifs is 1. The fourth-order valence-electron chi connectivity index (χ4n) is 3.56. The van der Waals surface area contributed by atoms with E-state index < -0.39 is 5.60 Å². The van der Waals surface area contributed by atoms with Gasteiger partial charge in [-0.25, -0.2) is 9.59 Å². The largest absolute Gasteiger partial charge is 0.493 e. The molecule has 2 aliphatic rings. The van der Waals surface area contributed by atoms with Gasteiger partial charge in [0.15, 0.2) is 11.5 Å². The SMILES string of the molecule is CCC(C)OC(=O)C1(Oc2c(-c3ccc4c(c3)COC4=O)ccc(OC)c2OC)CC1. The van der Waals surface area contributed by atoms with E-state index in [1.54, 1.807) is 19.2 Å². The number of rotatable bonds is 8. The van der Waals surface area contributed by atoms with Gasteiger partial charge in [0.1, 0.15) is 6.61 Å². The summed E-state index contributed by atoms with van der Waals surface area (Å²) >= 11 is 0. The maximum Gasteiger partial charge on any atom is 0.350 e. The number of carbonyl (C=O) groups is 2. The monoisotopic (exact) mass is 426 g/mol. The predicted molar refractivity (Wildman–Crippen MR) is 113 cm³/mol. The summed E-state index contributed by atoms with van der Waals surface area (Å²) in [4.78, 5) is 24.6. The maximum absolute atomic E-state index is 12.8. The number of benzene rings is 2. The molecule has 0 N–H and O–H groups in total. The van der Waals surface area contributed by atoms with Crippen LogP contribution >= 0.6 is 0 Å². The first-order chi connectivity index (χ1) is 14.9. The number of ether oxygens (including phenoxy) is 5. The third kappa shape index (κ3) is 3.80. The van der Waals surface area contributed by atoms with E-state index in [0.717, 1.165) is 23.1 Å². The molecule has 1 aliphatic carbocycles. The first kappa shape index (κ1) is 21.0. The van der Waals surface area contributed by atoms with Crippen LogP contribution in [0.4, 0.5) is 0 Å². The van der Waals surface area contributed by atoms with Crippen LogP contribution in [0.1, 0.15) is 49.0 Å². The lowest BCUT2D eigenvalue weighted by Gasteiger charge is -2.23.